The largest absolute Gasteiger partial charge is 0.467 e. The van der Waals surface area contributed by atoms with Gasteiger partial charge in [0.05, 0.1) is 7.11 Å². The van der Waals surface area contributed by atoms with Crippen molar-refractivity contribution in [2.75, 3.05) is 7.11 Å². The number of carbonyl (C=O) groups excluding carboxylic acids is 3. The SMILES string of the molecule is COC(=O)C(Cc1c[nH]c2ccccc12)NC(=O)[C@H](C)N1Cc2ccccc2C1=O. The molecule has 0 spiro atoms. The molecule has 30 heavy (non-hydrogen) atoms. The average Bonchev–Trinajstić information content (AvgIpc) is 3.33. The summed E-state index contributed by atoms with van der Waals surface area (Å²) >= 11 is 0. The zero-order valence-corrected chi connectivity index (χ0v) is 16.8. The van der Waals surface area contributed by atoms with Gasteiger partial charge in [-0.15, -0.1) is 0 Å². The Labute approximate surface area is 174 Å². The Bertz CT molecular complexity index is 1120. The molecule has 0 fully saturated rings. The number of rotatable bonds is 6. The number of fused-ring (bicyclic) bond motifs is 2. The number of esters is 1. The third kappa shape index (κ3) is 3.54. The number of aromatic amines is 1. The summed E-state index contributed by atoms with van der Waals surface area (Å²) in [5, 5.41) is 3.76. The van der Waals surface area contributed by atoms with Crippen LogP contribution in [0.1, 0.15) is 28.4 Å². The van der Waals surface area contributed by atoms with Crippen molar-refractivity contribution in [2.24, 2.45) is 0 Å². The molecule has 154 valence electrons. The van der Waals surface area contributed by atoms with Crippen LogP contribution in [0.5, 0.6) is 0 Å². The molecular weight excluding hydrogens is 382 g/mol. The molecule has 3 aromatic rings. The predicted molar refractivity (Wildman–Crippen MR) is 112 cm³/mol. The summed E-state index contributed by atoms with van der Waals surface area (Å²) in [5.41, 5.74) is 3.36. The van der Waals surface area contributed by atoms with Gasteiger partial charge >= 0.3 is 5.97 Å². The number of carbonyl (C=O) groups is 3. The molecule has 7 nitrogen and oxygen atoms in total. The number of hydrogen-bond acceptors (Lipinski definition) is 4. The van der Waals surface area contributed by atoms with Crippen LogP contribution >= 0.6 is 0 Å². The Hall–Kier alpha value is -3.61. The Balaban J connectivity index is 1.50. The van der Waals surface area contributed by atoms with Crippen LogP contribution < -0.4 is 5.32 Å². The van der Waals surface area contributed by atoms with E-state index >= 15 is 0 Å². The van der Waals surface area contributed by atoms with Crippen LogP contribution in [0.4, 0.5) is 0 Å². The molecule has 1 aromatic heterocycles. The van der Waals surface area contributed by atoms with Crippen molar-refractivity contribution in [3.63, 3.8) is 0 Å². The fourth-order valence-electron chi connectivity index (χ4n) is 3.88. The van der Waals surface area contributed by atoms with E-state index in [-0.39, 0.29) is 12.3 Å². The van der Waals surface area contributed by atoms with Crippen LogP contribution in [0.15, 0.2) is 54.7 Å². The number of H-pyrrole nitrogens is 1. The fourth-order valence-corrected chi connectivity index (χ4v) is 3.88. The highest BCUT2D eigenvalue weighted by Gasteiger charge is 2.35. The number of para-hydroxylation sites is 1. The minimum atomic E-state index is -0.857. The molecule has 1 unspecified atom stereocenters. The van der Waals surface area contributed by atoms with Crippen molar-refractivity contribution in [3.8, 4) is 0 Å². The first-order valence-corrected chi connectivity index (χ1v) is 9.81. The summed E-state index contributed by atoms with van der Waals surface area (Å²) in [6.45, 7) is 2.04. The monoisotopic (exact) mass is 405 g/mol. The smallest absolute Gasteiger partial charge is 0.328 e. The first-order valence-electron chi connectivity index (χ1n) is 9.81. The second-order valence-corrected chi connectivity index (χ2v) is 7.41. The lowest BCUT2D eigenvalue weighted by atomic mass is 10.0. The molecule has 2 N–H and O–H groups in total. The van der Waals surface area contributed by atoms with Gasteiger partial charge in [-0.1, -0.05) is 36.4 Å². The topological polar surface area (TPSA) is 91.5 Å². The number of nitrogens with one attached hydrogen (secondary N) is 2. The number of amides is 2. The summed E-state index contributed by atoms with van der Waals surface area (Å²) in [7, 11) is 1.29. The Morgan fingerprint density at radius 3 is 2.67 bits per heavy atom. The van der Waals surface area contributed by atoms with E-state index in [1.807, 2.05) is 42.6 Å². The minimum Gasteiger partial charge on any atom is -0.467 e. The van der Waals surface area contributed by atoms with E-state index in [1.54, 1.807) is 19.1 Å². The van der Waals surface area contributed by atoms with E-state index in [1.165, 1.54) is 12.0 Å². The molecule has 4 rings (SSSR count). The second-order valence-electron chi connectivity index (χ2n) is 7.41. The zero-order chi connectivity index (χ0) is 21.3. The molecule has 0 aliphatic carbocycles. The molecule has 2 atom stereocenters. The van der Waals surface area contributed by atoms with Gasteiger partial charge in [0, 0.05) is 35.6 Å². The Morgan fingerprint density at radius 1 is 1.17 bits per heavy atom. The van der Waals surface area contributed by atoms with Crippen LogP contribution in [0, 0.1) is 0 Å². The number of nitrogens with zero attached hydrogens (tertiary/aromatic N) is 1. The maximum atomic E-state index is 12.9. The molecule has 0 saturated heterocycles. The number of benzene rings is 2. The average molecular weight is 405 g/mol. The van der Waals surface area contributed by atoms with E-state index in [0.29, 0.717) is 12.1 Å². The number of hydrogen-bond donors (Lipinski definition) is 2. The maximum Gasteiger partial charge on any atom is 0.328 e. The van der Waals surface area contributed by atoms with Crippen LogP contribution in [0.25, 0.3) is 10.9 Å². The maximum absolute atomic E-state index is 12.9. The van der Waals surface area contributed by atoms with Gasteiger partial charge in [-0.3, -0.25) is 9.59 Å². The van der Waals surface area contributed by atoms with E-state index in [9.17, 15) is 14.4 Å². The van der Waals surface area contributed by atoms with Gasteiger partial charge in [0.15, 0.2) is 0 Å². The van der Waals surface area contributed by atoms with Crippen molar-refractivity contribution in [2.45, 2.75) is 32.0 Å². The van der Waals surface area contributed by atoms with Crippen LogP contribution in [-0.2, 0) is 27.3 Å². The minimum absolute atomic E-state index is 0.181. The van der Waals surface area contributed by atoms with E-state index < -0.39 is 24.0 Å². The summed E-state index contributed by atoms with van der Waals surface area (Å²) in [6.07, 6.45) is 2.11. The molecule has 7 heteroatoms. The number of methoxy groups -OCH3 is 1. The van der Waals surface area contributed by atoms with Gasteiger partial charge in [-0.2, -0.15) is 0 Å². The number of ether oxygens (including phenoxy) is 1. The predicted octanol–water partition coefficient (Wildman–Crippen LogP) is 2.41. The standard InChI is InChI=1S/C23H23N3O4/c1-14(26-13-15-7-3-4-9-18(15)22(26)28)21(27)25-20(23(29)30-2)11-16-12-24-19-10-6-5-8-17(16)19/h3-10,12,14,20,24H,11,13H2,1-2H3,(H,25,27)/t14-,20?/m0/s1. The zero-order valence-electron chi connectivity index (χ0n) is 16.8. The lowest BCUT2D eigenvalue weighted by Gasteiger charge is -2.25. The van der Waals surface area contributed by atoms with Crippen molar-refractivity contribution >= 4 is 28.7 Å². The van der Waals surface area contributed by atoms with Crippen molar-refractivity contribution in [1.29, 1.82) is 0 Å². The van der Waals surface area contributed by atoms with Gasteiger partial charge in [0.25, 0.3) is 5.91 Å². The van der Waals surface area contributed by atoms with Gasteiger partial charge < -0.3 is 19.9 Å². The highest BCUT2D eigenvalue weighted by atomic mass is 16.5. The van der Waals surface area contributed by atoms with Crippen LogP contribution in [0.3, 0.4) is 0 Å². The molecule has 2 aromatic carbocycles. The summed E-state index contributed by atoms with van der Waals surface area (Å²) in [4.78, 5) is 42.7. The van der Waals surface area contributed by atoms with Gasteiger partial charge in [-0.05, 0) is 30.2 Å². The second kappa shape index (κ2) is 8.02. The normalized spacial score (nSPS) is 15.0. The molecule has 1 aliphatic heterocycles. The molecule has 1 aliphatic rings. The summed E-state index contributed by atoms with van der Waals surface area (Å²) < 4.78 is 4.91. The van der Waals surface area contributed by atoms with Crippen molar-refractivity contribution in [1.82, 2.24) is 15.2 Å². The van der Waals surface area contributed by atoms with Gasteiger partial charge in [0.2, 0.25) is 5.91 Å². The van der Waals surface area contributed by atoms with E-state index in [0.717, 1.165) is 22.0 Å². The number of aromatic nitrogens is 1. The van der Waals surface area contributed by atoms with Crippen LogP contribution in [0.2, 0.25) is 0 Å². The van der Waals surface area contributed by atoms with E-state index in [4.69, 9.17) is 4.74 Å². The van der Waals surface area contributed by atoms with Gasteiger partial charge in [-0.25, -0.2) is 4.79 Å². The third-order valence-corrected chi connectivity index (χ3v) is 5.60. The quantitative estimate of drug-likeness (QED) is 0.616. The molecule has 2 heterocycles. The molecule has 0 radical (unpaired) electrons. The lowest BCUT2D eigenvalue weighted by Crippen LogP contribution is -2.51. The summed E-state index contributed by atoms with van der Waals surface area (Å²) in [5.74, 6) is -1.11. The molecule has 0 bridgehead atoms. The molecular formula is C23H23N3O4. The molecule has 2 amide bonds. The third-order valence-electron chi connectivity index (χ3n) is 5.60. The first-order chi connectivity index (χ1) is 14.5. The van der Waals surface area contributed by atoms with Crippen LogP contribution in [-0.4, -0.2) is 46.9 Å². The van der Waals surface area contributed by atoms with E-state index in [2.05, 4.69) is 10.3 Å². The van der Waals surface area contributed by atoms with Crippen molar-refractivity contribution < 1.29 is 19.1 Å². The first kappa shape index (κ1) is 19.7. The highest BCUT2D eigenvalue weighted by molar-refractivity contribution is 6.01. The lowest BCUT2D eigenvalue weighted by molar-refractivity contribution is -0.145. The fraction of sp³-hybridized carbons (Fsp3) is 0.261. The van der Waals surface area contributed by atoms with Crippen molar-refractivity contribution in [3.05, 3.63) is 71.4 Å². The van der Waals surface area contributed by atoms with Gasteiger partial charge in [0.1, 0.15) is 12.1 Å². The Morgan fingerprint density at radius 2 is 1.90 bits per heavy atom. The highest BCUT2D eigenvalue weighted by Crippen LogP contribution is 2.24. The Kier molecular flexibility index (Phi) is 5.27. The summed E-state index contributed by atoms with van der Waals surface area (Å²) in [6, 6.07) is 13.5. The molecule has 0 saturated carbocycles.